The molecule has 5 rings (SSSR count). The minimum absolute atomic E-state index is 0.0334. The minimum Gasteiger partial charge on any atom is -0.495 e. The number of halogens is 3. The van der Waals surface area contributed by atoms with Gasteiger partial charge in [0.1, 0.15) is 17.8 Å². The summed E-state index contributed by atoms with van der Waals surface area (Å²) < 4.78 is 51.1. The van der Waals surface area contributed by atoms with Gasteiger partial charge in [-0.3, -0.25) is 9.69 Å². The Morgan fingerprint density at radius 3 is 2.62 bits per heavy atom. The number of aromatic nitrogens is 2. The van der Waals surface area contributed by atoms with E-state index in [0.717, 1.165) is 61.1 Å². The highest BCUT2D eigenvalue weighted by Gasteiger charge is 2.30. The van der Waals surface area contributed by atoms with Crippen LogP contribution in [0.25, 0.3) is 10.9 Å². The molecule has 3 aromatic carbocycles. The molecular formula is C30H30F3N5O3S. The van der Waals surface area contributed by atoms with Gasteiger partial charge in [0.15, 0.2) is 0 Å². The first-order valence-electron chi connectivity index (χ1n) is 13.3. The van der Waals surface area contributed by atoms with Gasteiger partial charge in [-0.2, -0.15) is 24.9 Å². The average molecular weight is 598 g/mol. The molecule has 12 heteroatoms. The van der Waals surface area contributed by atoms with Gasteiger partial charge in [-0.1, -0.05) is 12.1 Å². The number of fused-ring (bicyclic) bond motifs is 1. The van der Waals surface area contributed by atoms with E-state index < -0.39 is 17.6 Å². The monoisotopic (exact) mass is 597 g/mol. The Balaban J connectivity index is 1.34. The number of nitrogens with one attached hydrogen (secondary N) is 2. The predicted molar refractivity (Wildman–Crippen MR) is 159 cm³/mol. The Morgan fingerprint density at radius 2 is 1.86 bits per heavy atom. The van der Waals surface area contributed by atoms with Crippen molar-refractivity contribution in [3.05, 3.63) is 77.6 Å². The number of hydrogen-bond donors (Lipinski definition) is 2. The summed E-state index contributed by atoms with van der Waals surface area (Å²) in [7, 11) is 1.59. The average Bonchev–Trinajstić information content (AvgIpc) is 2.98. The second-order valence-corrected chi connectivity index (χ2v) is 11.0. The van der Waals surface area contributed by atoms with Crippen LogP contribution in [0.4, 0.5) is 24.5 Å². The van der Waals surface area contributed by atoms with Crippen molar-refractivity contribution in [3.8, 4) is 17.4 Å². The number of benzene rings is 3. The quantitative estimate of drug-likeness (QED) is 0.227. The first-order valence-corrected chi connectivity index (χ1v) is 14.5. The van der Waals surface area contributed by atoms with Crippen LogP contribution in [0.15, 0.2) is 60.9 Å². The first kappa shape index (κ1) is 29.5. The number of aryl methyl sites for hydroxylation is 1. The maximum Gasteiger partial charge on any atom is 0.416 e. The van der Waals surface area contributed by atoms with Gasteiger partial charge in [-0.05, 0) is 55.0 Å². The molecule has 42 heavy (non-hydrogen) atoms. The van der Waals surface area contributed by atoms with E-state index in [4.69, 9.17) is 9.47 Å². The molecule has 1 amide bonds. The first-order chi connectivity index (χ1) is 20.2. The number of thioether (sulfide) groups is 1. The summed E-state index contributed by atoms with van der Waals surface area (Å²) in [6.07, 6.45) is -3.11. The van der Waals surface area contributed by atoms with Crippen molar-refractivity contribution < 1.29 is 27.4 Å². The van der Waals surface area contributed by atoms with E-state index in [9.17, 15) is 18.0 Å². The highest BCUT2D eigenvalue weighted by Crippen LogP contribution is 2.36. The van der Waals surface area contributed by atoms with Crippen molar-refractivity contribution in [2.45, 2.75) is 13.1 Å². The molecule has 220 valence electrons. The molecule has 1 aliphatic heterocycles. The van der Waals surface area contributed by atoms with Crippen molar-refractivity contribution in [3.63, 3.8) is 0 Å². The van der Waals surface area contributed by atoms with Crippen LogP contribution in [0.2, 0.25) is 0 Å². The van der Waals surface area contributed by atoms with Gasteiger partial charge in [-0.15, -0.1) is 0 Å². The number of hydrogen-bond acceptors (Lipinski definition) is 8. The molecule has 4 aromatic rings. The Hall–Kier alpha value is -4.03. The molecule has 1 aromatic heterocycles. The summed E-state index contributed by atoms with van der Waals surface area (Å²) in [5.41, 5.74) is 1.59. The third kappa shape index (κ3) is 7.05. The van der Waals surface area contributed by atoms with E-state index >= 15 is 0 Å². The lowest BCUT2D eigenvalue weighted by molar-refractivity contribution is -0.137. The highest BCUT2D eigenvalue weighted by atomic mass is 32.2. The van der Waals surface area contributed by atoms with Crippen LogP contribution in [0, 0.1) is 6.92 Å². The summed E-state index contributed by atoms with van der Waals surface area (Å²) in [5.74, 6) is 2.99. The third-order valence-electron chi connectivity index (χ3n) is 6.87. The van der Waals surface area contributed by atoms with E-state index in [-0.39, 0.29) is 17.1 Å². The standard InChI is InChI=1S/C30H30F3N5O3S/c1-19-6-7-20(28(39)37-22-5-3-4-21(15-22)30(31,32)33)14-26(19)41-29-23-16-27(40-2)25(17-24(23)35-18-36-29)34-8-9-38-10-12-42-13-11-38/h3-7,14-18,34H,8-13H2,1-2H3,(H,37,39). The number of amides is 1. The van der Waals surface area contributed by atoms with Crippen LogP contribution in [0.1, 0.15) is 21.5 Å². The SMILES string of the molecule is COc1cc2c(Oc3cc(C(=O)Nc4cccc(C(F)(F)F)c4)ccc3C)ncnc2cc1NCCN1CCSCC1. The zero-order valence-electron chi connectivity index (χ0n) is 23.1. The van der Waals surface area contributed by atoms with Crippen LogP contribution in [0.3, 0.4) is 0 Å². The van der Waals surface area contributed by atoms with Gasteiger partial charge >= 0.3 is 6.18 Å². The largest absolute Gasteiger partial charge is 0.495 e. The normalized spacial score (nSPS) is 14.0. The molecule has 0 bridgehead atoms. The fraction of sp³-hybridized carbons (Fsp3) is 0.300. The summed E-state index contributed by atoms with van der Waals surface area (Å²) in [6.45, 7) is 5.68. The summed E-state index contributed by atoms with van der Waals surface area (Å²) in [6, 6.07) is 13.0. The number of rotatable bonds is 9. The molecule has 0 atom stereocenters. The Morgan fingerprint density at radius 1 is 1.05 bits per heavy atom. The zero-order chi connectivity index (χ0) is 29.7. The van der Waals surface area contributed by atoms with Crippen LogP contribution in [0.5, 0.6) is 17.4 Å². The van der Waals surface area contributed by atoms with Crippen molar-refractivity contribution >= 4 is 39.9 Å². The van der Waals surface area contributed by atoms with Crippen LogP contribution >= 0.6 is 11.8 Å². The van der Waals surface area contributed by atoms with Crippen molar-refractivity contribution in [1.82, 2.24) is 14.9 Å². The molecular weight excluding hydrogens is 567 g/mol. The third-order valence-corrected chi connectivity index (χ3v) is 7.81. The number of carbonyl (C=O) groups is 1. The zero-order valence-corrected chi connectivity index (χ0v) is 23.9. The second-order valence-electron chi connectivity index (χ2n) is 9.74. The molecule has 1 saturated heterocycles. The molecule has 1 fully saturated rings. The lowest BCUT2D eigenvalue weighted by Crippen LogP contribution is -2.36. The van der Waals surface area contributed by atoms with E-state index in [1.165, 1.54) is 24.5 Å². The van der Waals surface area contributed by atoms with Crippen molar-refractivity contribution in [1.29, 1.82) is 0 Å². The van der Waals surface area contributed by atoms with Gasteiger partial charge in [0.2, 0.25) is 5.88 Å². The summed E-state index contributed by atoms with van der Waals surface area (Å²) in [4.78, 5) is 24.1. The van der Waals surface area contributed by atoms with Crippen LogP contribution < -0.4 is 20.1 Å². The van der Waals surface area contributed by atoms with E-state index in [1.54, 1.807) is 19.2 Å². The number of alkyl halides is 3. The molecule has 2 N–H and O–H groups in total. The molecule has 0 saturated carbocycles. The molecule has 8 nitrogen and oxygen atoms in total. The molecule has 0 aliphatic carbocycles. The molecule has 0 spiro atoms. The fourth-order valence-electron chi connectivity index (χ4n) is 4.55. The van der Waals surface area contributed by atoms with Gasteiger partial charge in [-0.25, -0.2) is 9.97 Å². The van der Waals surface area contributed by atoms with Crippen molar-refractivity contribution in [2.24, 2.45) is 0 Å². The van der Waals surface area contributed by atoms with Gasteiger partial charge in [0.05, 0.1) is 29.3 Å². The van der Waals surface area contributed by atoms with E-state index in [1.807, 2.05) is 30.8 Å². The number of anilines is 2. The van der Waals surface area contributed by atoms with Gasteiger partial charge in [0, 0.05) is 48.9 Å². The molecule has 0 unspecified atom stereocenters. The summed E-state index contributed by atoms with van der Waals surface area (Å²) in [5, 5.41) is 6.59. The molecule has 2 heterocycles. The second kappa shape index (κ2) is 12.9. The van der Waals surface area contributed by atoms with Gasteiger partial charge < -0.3 is 20.1 Å². The lowest BCUT2D eigenvalue weighted by atomic mass is 10.1. The lowest BCUT2D eigenvalue weighted by Gasteiger charge is -2.26. The van der Waals surface area contributed by atoms with Crippen LogP contribution in [-0.2, 0) is 6.18 Å². The number of methoxy groups -OCH3 is 1. The maximum atomic E-state index is 13.1. The van der Waals surface area contributed by atoms with E-state index in [2.05, 4.69) is 25.5 Å². The smallest absolute Gasteiger partial charge is 0.416 e. The minimum atomic E-state index is -4.52. The summed E-state index contributed by atoms with van der Waals surface area (Å²) >= 11 is 1.98. The number of carbonyl (C=O) groups excluding carboxylic acids is 1. The van der Waals surface area contributed by atoms with Crippen LogP contribution in [-0.4, -0.2) is 65.6 Å². The number of nitrogens with zero attached hydrogens (tertiary/aromatic N) is 3. The maximum absolute atomic E-state index is 13.1. The highest BCUT2D eigenvalue weighted by molar-refractivity contribution is 7.99. The molecule has 1 aliphatic rings. The predicted octanol–water partition coefficient (Wildman–Crippen LogP) is 6.47. The van der Waals surface area contributed by atoms with Crippen molar-refractivity contribution in [2.75, 3.05) is 55.4 Å². The van der Waals surface area contributed by atoms with E-state index in [0.29, 0.717) is 22.4 Å². The Labute approximate surface area is 245 Å². The van der Waals surface area contributed by atoms with Gasteiger partial charge in [0.25, 0.3) is 5.91 Å². The number of ether oxygens (including phenoxy) is 2. The fourth-order valence-corrected chi connectivity index (χ4v) is 5.53. The Bertz CT molecular complexity index is 1580. The molecule has 0 radical (unpaired) electrons. The Kier molecular flexibility index (Phi) is 9.03. The topological polar surface area (TPSA) is 88.6 Å².